The molecule has 0 aromatic rings. The van der Waals surface area contributed by atoms with Crippen LogP contribution in [0.25, 0.3) is 0 Å². The van der Waals surface area contributed by atoms with Crippen molar-refractivity contribution in [1.29, 1.82) is 0 Å². The highest BCUT2D eigenvalue weighted by molar-refractivity contribution is 5.67. The highest BCUT2D eigenvalue weighted by Crippen LogP contribution is 2.32. The van der Waals surface area contributed by atoms with Gasteiger partial charge in [-0.05, 0) is 6.42 Å². The summed E-state index contributed by atoms with van der Waals surface area (Å²) < 4.78 is 27.1. The Morgan fingerprint density at radius 1 is 1.05 bits per heavy atom. The van der Waals surface area contributed by atoms with Crippen molar-refractivity contribution in [2.24, 2.45) is 5.92 Å². The molecule has 0 N–H and O–H groups in total. The molecule has 22 heavy (non-hydrogen) atoms. The first-order valence-electron chi connectivity index (χ1n) is 7.51. The molecule has 128 valence electrons. The van der Waals surface area contributed by atoms with E-state index in [1.807, 2.05) is 13.8 Å². The van der Waals surface area contributed by atoms with E-state index in [2.05, 4.69) is 0 Å². The Bertz CT molecular complexity index is 371. The second-order valence-corrected chi connectivity index (χ2v) is 5.32. The lowest BCUT2D eigenvalue weighted by Gasteiger charge is -2.43. The van der Waals surface area contributed by atoms with Crippen LogP contribution < -0.4 is 0 Å². The Balaban J connectivity index is 2.93. The van der Waals surface area contributed by atoms with Crippen LogP contribution in [0.1, 0.15) is 34.1 Å². The monoisotopic (exact) mass is 318 g/mol. The summed E-state index contributed by atoms with van der Waals surface area (Å²) in [7, 11) is 1.58. The number of hydrogen-bond donors (Lipinski definition) is 0. The van der Waals surface area contributed by atoms with Gasteiger partial charge in [-0.2, -0.15) is 0 Å². The fourth-order valence-corrected chi connectivity index (χ4v) is 2.59. The van der Waals surface area contributed by atoms with Gasteiger partial charge < -0.3 is 23.7 Å². The number of ether oxygens (including phenoxy) is 5. The molecule has 1 unspecified atom stereocenters. The Morgan fingerprint density at radius 2 is 1.68 bits per heavy atom. The highest BCUT2D eigenvalue weighted by Gasteiger charge is 2.47. The lowest BCUT2D eigenvalue weighted by Crippen LogP contribution is -2.57. The highest BCUT2D eigenvalue weighted by atomic mass is 16.7. The maximum atomic E-state index is 11.4. The lowest BCUT2D eigenvalue weighted by atomic mass is 9.89. The molecular weight excluding hydrogens is 292 g/mol. The van der Waals surface area contributed by atoms with Crippen LogP contribution in [-0.4, -0.2) is 56.9 Å². The van der Waals surface area contributed by atoms with Gasteiger partial charge >= 0.3 is 11.9 Å². The first-order chi connectivity index (χ1) is 10.4. The molecule has 1 rings (SSSR count). The van der Waals surface area contributed by atoms with Crippen LogP contribution in [0.4, 0.5) is 0 Å². The van der Waals surface area contributed by atoms with E-state index < -0.39 is 30.4 Å². The minimum absolute atomic E-state index is 0.0157. The Morgan fingerprint density at radius 3 is 2.18 bits per heavy atom. The van der Waals surface area contributed by atoms with Gasteiger partial charge in [-0.1, -0.05) is 13.8 Å². The second kappa shape index (κ2) is 9.07. The Kier molecular flexibility index (Phi) is 7.78. The van der Waals surface area contributed by atoms with Crippen molar-refractivity contribution in [3.63, 3.8) is 0 Å². The van der Waals surface area contributed by atoms with E-state index in [9.17, 15) is 9.59 Å². The number of carbonyl (C=O) groups excluding carboxylic acids is 2. The van der Waals surface area contributed by atoms with E-state index in [1.165, 1.54) is 13.8 Å². The SMILES string of the molecule is CC[C@H]1OC(OC(C)=O)[C@H](OC(C)=O)[C@H](OCCOC)[C@@H]1C. The van der Waals surface area contributed by atoms with Crippen LogP contribution in [0, 0.1) is 5.92 Å². The summed E-state index contributed by atoms with van der Waals surface area (Å²) in [5.41, 5.74) is 0. The van der Waals surface area contributed by atoms with Crippen molar-refractivity contribution < 1.29 is 33.3 Å². The van der Waals surface area contributed by atoms with Crippen LogP contribution in [0.5, 0.6) is 0 Å². The maximum absolute atomic E-state index is 11.4. The predicted octanol–water partition coefficient (Wildman–Crippen LogP) is 1.28. The van der Waals surface area contributed by atoms with E-state index in [4.69, 9.17) is 23.7 Å². The molecule has 0 aliphatic carbocycles. The largest absolute Gasteiger partial charge is 0.453 e. The van der Waals surface area contributed by atoms with Gasteiger partial charge in [0, 0.05) is 26.9 Å². The Labute approximate surface area is 131 Å². The van der Waals surface area contributed by atoms with E-state index in [1.54, 1.807) is 7.11 Å². The molecule has 1 saturated heterocycles. The van der Waals surface area contributed by atoms with E-state index >= 15 is 0 Å². The van der Waals surface area contributed by atoms with Crippen LogP contribution in [-0.2, 0) is 33.3 Å². The second-order valence-electron chi connectivity index (χ2n) is 5.32. The zero-order valence-electron chi connectivity index (χ0n) is 13.9. The number of hydrogen-bond acceptors (Lipinski definition) is 7. The smallest absolute Gasteiger partial charge is 0.305 e. The molecule has 7 nitrogen and oxygen atoms in total. The van der Waals surface area contributed by atoms with Crippen LogP contribution >= 0.6 is 0 Å². The summed E-state index contributed by atoms with van der Waals surface area (Å²) in [6, 6.07) is 0. The number of rotatable bonds is 7. The molecule has 0 aromatic carbocycles. The summed E-state index contributed by atoms with van der Waals surface area (Å²) in [4.78, 5) is 22.7. The Hall–Kier alpha value is -1.18. The molecular formula is C15H26O7. The molecule has 1 fully saturated rings. The first kappa shape index (κ1) is 18.9. The van der Waals surface area contributed by atoms with Crippen molar-refractivity contribution in [2.45, 2.75) is 58.7 Å². The number of methoxy groups -OCH3 is 1. The first-order valence-corrected chi connectivity index (χ1v) is 7.51. The van der Waals surface area contributed by atoms with Gasteiger partial charge in [0.15, 0.2) is 6.10 Å². The third-order valence-corrected chi connectivity index (χ3v) is 3.59. The minimum Gasteiger partial charge on any atom is -0.453 e. The van der Waals surface area contributed by atoms with Gasteiger partial charge in [0.05, 0.1) is 19.3 Å². The average Bonchev–Trinajstić information content (AvgIpc) is 2.44. The normalized spacial score (nSPS) is 31.6. The van der Waals surface area contributed by atoms with E-state index in [0.29, 0.717) is 13.2 Å². The van der Waals surface area contributed by atoms with Crippen molar-refractivity contribution in [2.75, 3.05) is 20.3 Å². The van der Waals surface area contributed by atoms with E-state index in [0.717, 1.165) is 6.42 Å². The van der Waals surface area contributed by atoms with Crippen LogP contribution in [0.2, 0.25) is 0 Å². The van der Waals surface area contributed by atoms with Crippen molar-refractivity contribution in [3.8, 4) is 0 Å². The quantitative estimate of drug-likeness (QED) is 0.517. The summed E-state index contributed by atoms with van der Waals surface area (Å²) >= 11 is 0. The predicted molar refractivity (Wildman–Crippen MR) is 77.1 cm³/mol. The minimum atomic E-state index is -0.963. The molecule has 0 aromatic heterocycles. The molecule has 5 atom stereocenters. The number of esters is 2. The summed E-state index contributed by atoms with van der Waals surface area (Å²) in [5.74, 6) is -0.992. The molecule has 1 aliphatic heterocycles. The van der Waals surface area contributed by atoms with Crippen molar-refractivity contribution in [1.82, 2.24) is 0 Å². The topological polar surface area (TPSA) is 80.3 Å². The maximum Gasteiger partial charge on any atom is 0.305 e. The van der Waals surface area contributed by atoms with Gasteiger partial charge in [0.25, 0.3) is 0 Å². The van der Waals surface area contributed by atoms with Crippen molar-refractivity contribution >= 4 is 11.9 Å². The lowest BCUT2D eigenvalue weighted by molar-refractivity contribution is -0.286. The van der Waals surface area contributed by atoms with Crippen molar-refractivity contribution in [3.05, 3.63) is 0 Å². The van der Waals surface area contributed by atoms with Crippen LogP contribution in [0.3, 0.4) is 0 Å². The third kappa shape index (κ3) is 5.23. The van der Waals surface area contributed by atoms with Gasteiger partial charge in [-0.15, -0.1) is 0 Å². The number of carbonyl (C=O) groups is 2. The molecule has 0 spiro atoms. The molecule has 1 heterocycles. The third-order valence-electron chi connectivity index (χ3n) is 3.59. The summed E-state index contributed by atoms with van der Waals surface area (Å²) in [6.07, 6.45) is -1.60. The fraction of sp³-hybridized carbons (Fsp3) is 0.867. The van der Waals surface area contributed by atoms with Gasteiger partial charge in [0.2, 0.25) is 6.29 Å². The molecule has 0 bridgehead atoms. The molecule has 0 radical (unpaired) electrons. The molecule has 7 heteroatoms. The average molecular weight is 318 g/mol. The van der Waals surface area contributed by atoms with Gasteiger partial charge in [0.1, 0.15) is 6.10 Å². The van der Waals surface area contributed by atoms with Gasteiger partial charge in [-0.25, -0.2) is 0 Å². The van der Waals surface area contributed by atoms with E-state index in [-0.39, 0.29) is 12.0 Å². The summed E-state index contributed by atoms with van der Waals surface area (Å²) in [5, 5.41) is 0. The molecule has 1 aliphatic rings. The summed E-state index contributed by atoms with van der Waals surface area (Å²) in [6.45, 7) is 7.30. The zero-order valence-corrected chi connectivity index (χ0v) is 13.9. The molecule has 0 saturated carbocycles. The van der Waals surface area contributed by atoms with Gasteiger partial charge in [-0.3, -0.25) is 9.59 Å². The van der Waals surface area contributed by atoms with Crippen LogP contribution in [0.15, 0.2) is 0 Å². The zero-order chi connectivity index (χ0) is 16.7. The molecule has 0 amide bonds. The standard InChI is InChI=1S/C15H26O7/c1-6-12-9(2)13(19-8-7-18-5)14(20-10(3)16)15(22-12)21-11(4)17/h9,12-15H,6-8H2,1-5H3/t9-,12-,13-,14-,15?/m1/s1. The fourth-order valence-electron chi connectivity index (χ4n) is 2.59.